The van der Waals surface area contributed by atoms with E-state index >= 15 is 0 Å². The molecule has 2 aromatic heterocycles. The van der Waals surface area contributed by atoms with Crippen LogP contribution in [0.15, 0.2) is 54.7 Å². The molecule has 0 spiro atoms. The van der Waals surface area contributed by atoms with Gasteiger partial charge in [-0.25, -0.2) is 0 Å². The Bertz CT molecular complexity index is 976. The summed E-state index contributed by atoms with van der Waals surface area (Å²) in [6.45, 7) is 0. The van der Waals surface area contributed by atoms with Gasteiger partial charge in [0.1, 0.15) is 0 Å². The number of para-hydroxylation sites is 1. The summed E-state index contributed by atoms with van der Waals surface area (Å²) in [5, 5.41) is 1.58. The van der Waals surface area contributed by atoms with Crippen LogP contribution in [0.5, 0.6) is 0 Å². The van der Waals surface area contributed by atoms with Gasteiger partial charge in [0.15, 0.2) is 0 Å². The molecule has 0 saturated carbocycles. The van der Waals surface area contributed by atoms with Crippen molar-refractivity contribution >= 4 is 21.8 Å². The molecular weight excluding hydrogens is 289 g/mol. The second-order valence-electron chi connectivity index (χ2n) is 5.23. The molecular formula is C17H11F3N2. The molecule has 110 valence electrons. The molecule has 0 bridgehead atoms. The molecule has 0 atom stereocenters. The second-order valence-corrected chi connectivity index (χ2v) is 5.23. The molecule has 2 nitrogen and oxygen atoms in total. The van der Waals surface area contributed by atoms with Crippen LogP contribution in [-0.2, 0) is 6.18 Å². The zero-order valence-corrected chi connectivity index (χ0v) is 11.3. The van der Waals surface area contributed by atoms with E-state index in [2.05, 4.69) is 9.97 Å². The highest BCUT2D eigenvalue weighted by Gasteiger charge is 2.30. The number of hydrogen-bond donors (Lipinski definition) is 2. The largest absolute Gasteiger partial charge is 0.416 e. The van der Waals surface area contributed by atoms with Crippen LogP contribution in [0.2, 0.25) is 0 Å². The molecule has 2 N–H and O–H groups in total. The minimum atomic E-state index is -4.33. The van der Waals surface area contributed by atoms with Crippen LogP contribution >= 0.6 is 0 Å². The minimum Gasteiger partial charge on any atom is -0.360 e. The van der Waals surface area contributed by atoms with Gasteiger partial charge < -0.3 is 9.97 Å². The number of halogens is 3. The summed E-state index contributed by atoms with van der Waals surface area (Å²) in [4.78, 5) is 6.35. The molecule has 0 aliphatic rings. The summed E-state index contributed by atoms with van der Waals surface area (Å²) >= 11 is 0. The fraction of sp³-hybridized carbons (Fsp3) is 0.0588. The Kier molecular flexibility index (Phi) is 2.60. The fourth-order valence-electron chi connectivity index (χ4n) is 2.75. The number of alkyl halides is 3. The second kappa shape index (κ2) is 4.40. The van der Waals surface area contributed by atoms with Gasteiger partial charge in [0.05, 0.1) is 5.56 Å². The van der Waals surface area contributed by atoms with Crippen LogP contribution in [-0.4, -0.2) is 9.97 Å². The third-order valence-corrected chi connectivity index (χ3v) is 3.83. The molecule has 0 aliphatic carbocycles. The lowest BCUT2D eigenvalue weighted by Crippen LogP contribution is -2.03. The van der Waals surface area contributed by atoms with Crippen molar-refractivity contribution in [2.45, 2.75) is 6.18 Å². The summed E-state index contributed by atoms with van der Waals surface area (Å²) in [7, 11) is 0. The van der Waals surface area contributed by atoms with Crippen LogP contribution in [0.3, 0.4) is 0 Å². The maximum absolute atomic E-state index is 12.8. The van der Waals surface area contributed by atoms with E-state index in [1.54, 1.807) is 6.07 Å². The van der Waals surface area contributed by atoms with Gasteiger partial charge in [0, 0.05) is 39.3 Å². The third-order valence-electron chi connectivity index (χ3n) is 3.83. The first-order chi connectivity index (χ1) is 10.5. The minimum absolute atomic E-state index is 0.551. The van der Waals surface area contributed by atoms with Crippen LogP contribution in [0.25, 0.3) is 33.1 Å². The van der Waals surface area contributed by atoms with Crippen molar-refractivity contribution in [1.29, 1.82) is 0 Å². The third kappa shape index (κ3) is 1.97. The lowest BCUT2D eigenvalue weighted by Gasteiger charge is -2.05. The van der Waals surface area contributed by atoms with Crippen LogP contribution in [0.4, 0.5) is 13.2 Å². The first-order valence-electron chi connectivity index (χ1n) is 6.79. The quantitative estimate of drug-likeness (QED) is 0.476. The monoisotopic (exact) mass is 300 g/mol. The number of hydrogen-bond acceptors (Lipinski definition) is 0. The van der Waals surface area contributed by atoms with Crippen molar-refractivity contribution in [2.75, 3.05) is 0 Å². The molecule has 2 aromatic carbocycles. The maximum Gasteiger partial charge on any atom is 0.416 e. The van der Waals surface area contributed by atoms with Gasteiger partial charge in [-0.05, 0) is 30.3 Å². The first-order valence-corrected chi connectivity index (χ1v) is 6.79. The molecule has 0 aliphatic heterocycles. The van der Waals surface area contributed by atoms with Gasteiger partial charge in [-0.2, -0.15) is 13.2 Å². The number of H-pyrrole nitrogens is 2. The molecule has 0 saturated heterocycles. The van der Waals surface area contributed by atoms with Crippen molar-refractivity contribution in [1.82, 2.24) is 9.97 Å². The number of aromatic amines is 2. The van der Waals surface area contributed by atoms with Crippen molar-refractivity contribution in [3.63, 3.8) is 0 Å². The Morgan fingerprint density at radius 2 is 1.68 bits per heavy atom. The van der Waals surface area contributed by atoms with Crippen LogP contribution < -0.4 is 0 Å². The molecule has 4 aromatic rings. The molecule has 4 rings (SSSR count). The van der Waals surface area contributed by atoms with Gasteiger partial charge in [-0.15, -0.1) is 0 Å². The molecule has 0 amide bonds. The summed E-state index contributed by atoms with van der Waals surface area (Å²) in [5.41, 5.74) is 2.79. The van der Waals surface area contributed by atoms with E-state index in [0.29, 0.717) is 10.9 Å². The van der Waals surface area contributed by atoms with E-state index in [1.807, 2.05) is 30.5 Å². The summed E-state index contributed by atoms with van der Waals surface area (Å²) in [6, 6.07) is 13.3. The molecule has 5 heteroatoms. The SMILES string of the molecule is FC(F)(F)c1ccc2[nH]c(-c3c[nH]c4ccccc34)cc2c1. The number of benzene rings is 2. The van der Waals surface area contributed by atoms with Crippen molar-refractivity contribution < 1.29 is 13.2 Å². The predicted octanol–water partition coefficient (Wildman–Crippen LogP) is 5.34. The van der Waals surface area contributed by atoms with E-state index in [1.165, 1.54) is 12.1 Å². The summed E-state index contributed by atoms with van der Waals surface area (Å²) < 4.78 is 38.4. The van der Waals surface area contributed by atoms with Gasteiger partial charge in [0.25, 0.3) is 0 Å². The average Bonchev–Trinajstić information content (AvgIpc) is 3.08. The number of fused-ring (bicyclic) bond motifs is 2. The van der Waals surface area contributed by atoms with E-state index in [0.717, 1.165) is 28.2 Å². The van der Waals surface area contributed by atoms with Crippen molar-refractivity contribution in [3.8, 4) is 11.3 Å². The summed E-state index contributed by atoms with van der Waals surface area (Å²) in [5.74, 6) is 0. The standard InChI is InChI=1S/C17H11F3N2/c18-17(19,20)11-5-6-14-10(7-11)8-16(22-14)13-9-21-15-4-2-1-3-12(13)15/h1-9,21-22H. The normalized spacial score (nSPS) is 12.3. The Labute approximate surface area is 123 Å². The summed E-state index contributed by atoms with van der Waals surface area (Å²) in [6.07, 6.45) is -2.47. The van der Waals surface area contributed by atoms with E-state index in [9.17, 15) is 13.2 Å². The Morgan fingerprint density at radius 1 is 0.864 bits per heavy atom. The van der Waals surface area contributed by atoms with Gasteiger partial charge in [-0.1, -0.05) is 18.2 Å². The van der Waals surface area contributed by atoms with Gasteiger partial charge in [0.2, 0.25) is 0 Å². The first kappa shape index (κ1) is 13.0. The highest BCUT2D eigenvalue weighted by atomic mass is 19.4. The van der Waals surface area contributed by atoms with Crippen LogP contribution in [0, 0.1) is 0 Å². The van der Waals surface area contributed by atoms with Gasteiger partial charge in [-0.3, -0.25) is 0 Å². The van der Waals surface area contributed by atoms with Gasteiger partial charge >= 0.3 is 6.18 Å². The highest BCUT2D eigenvalue weighted by Crippen LogP contribution is 2.34. The van der Waals surface area contributed by atoms with Crippen LogP contribution in [0.1, 0.15) is 5.56 Å². The molecule has 22 heavy (non-hydrogen) atoms. The lowest BCUT2D eigenvalue weighted by atomic mass is 10.1. The fourth-order valence-corrected chi connectivity index (χ4v) is 2.75. The Balaban J connectivity index is 1.89. The highest BCUT2D eigenvalue weighted by molar-refractivity contribution is 5.97. The van der Waals surface area contributed by atoms with Crippen molar-refractivity contribution in [3.05, 3.63) is 60.3 Å². The van der Waals surface area contributed by atoms with E-state index < -0.39 is 11.7 Å². The molecule has 2 heterocycles. The number of aromatic nitrogens is 2. The molecule has 0 radical (unpaired) electrons. The van der Waals surface area contributed by atoms with E-state index in [4.69, 9.17) is 0 Å². The lowest BCUT2D eigenvalue weighted by molar-refractivity contribution is -0.137. The Morgan fingerprint density at radius 3 is 2.50 bits per heavy atom. The maximum atomic E-state index is 12.8. The van der Waals surface area contributed by atoms with Crippen molar-refractivity contribution in [2.24, 2.45) is 0 Å². The number of nitrogens with one attached hydrogen (secondary N) is 2. The topological polar surface area (TPSA) is 31.6 Å². The Hall–Kier alpha value is -2.69. The zero-order chi connectivity index (χ0) is 15.3. The smallest absolute Gasteiger partial charge is 0.360 e. The van der Waals surface area contributed by atoms with E-state index in [-0.39, 0.29) is 0 Å². The number of rotatable bonds is 1. The molecule has 0 fully saturated rings. The zero-order valence-electron chi connectivity index (χ0n) is 11.3. The average molecular weight is 300 g/mol. The predicted molar refractivity (Wildman–Crippen MR) is 80.6 cm³/mol. The molecule has 0 unspecified atom stereocenters.